The van der Waals surface area contributed by atoms with Crippen molar-refractivity contribution >= 4 is 16.8 Å². The maximum absolute atomic E-state index is 12.3. The van der Waals surface area contributed by atoms with E-state index < -0.39 is 5.63 Å². The zero-order valence-electron chi connectivity index (χ0n) is 14.0. The van der Waals surface area contributed by atoms with E-state index in [9.17, 15) is 9.59 Å². The summed E-state index contributed by atoms with van der Waals surface area (Å²) in [5.74, 6) is 0.0865. The van der Waals surface area contributed by atoms with Gasteiger partial charge >= 0.3 is 5.63 Å². The third-order valence-electron chi connectivity index (χ3n) is 4.55. The van der Waals surface area contributed by atoms with Gasteiger partial charge < -0.3 is 9.15 Å². The number of epoxide rings is 1. The Morgan fingerprint density at radius 2 is 1.87 bits per heavy atom. The molecule has 1 aliphatic rings. The molecule has 0 aliphatic carbocycles. The van der Waals surface area contributed by atoms with Crippen LogP contribution in [0, 0.1) is 5.92 Å². The number of ketones is 1. The molecule has 1 saturated heterocycles. The number of fused-ring (bicyclic) bond motifs is 1. The summed E-state index contributed by atoms with van der Waals surface area (Å²) in [7, 11) is 0. The van der Waals surface area contributed by atoms with Gasteiger partial charge in [0.15, 0.2) is 0 Å². The summed E-state index contributed by atoms with van der Waals surface area (Å²) in [6.45, 7) is 7.88. The molecule has 0 spiro atoms. The fourth-order valence-electron chi connectivity index (χ4n) is 2.81. The molecular formula is C19H22O4. The van der Waals surface area contributed by atoms with Gasteiger partial charge in [0.1, 0.15) is 11.4 Å². The zero-order valence-corrected chi connectivity index (χ0v) is 14.0. The van der Waals surface area contributed by atoms with Gasteiger partial charge in [0.25, 0.3) is 0 Å². The summed E-state index contributed by atoms with van der Waals surface area (Å²) in [6, 6.07) is 7.10. The molecule has 2 aromatic rings. The summed E-state index contributed by atoms with van der Waals surface area (Å²) in [5.41, 5.74) is 1.87. The fourth-order valence-corrected chi connectivity index (χ4v) is 2.81. The van der Waals surface area contributed by atoms with E-state index in [1.807, 2.05) is 26.0 Å². The van der Waals surface area contributed by atoms with E-state index in [1.54, 1.807) is 6.07 Å². The topological polar surface area (TPSA) is 59.8 Å². The second-order valence-corrected chi connectivity index (χ2v) is 7.09. The lowest BCUT2D eigenvalue weighted by Crippen LogP contribution is -2.14. The molecule has 1 aliphatic heterocycles. The SMILES string of the molecule is CC(C)C(=O)Cc1c(CC2OC2(C)C)ccc2ccc(=O)oc12. The minimum Gasteiger partial charge on any atom is -0.422 e. The van der Waals surface area contributed by atoms with Crippen molar-refractivity contribution in [1.82, 2.24) is 0 Å². The average Bonchev–Trinajstić information content (AvgIpc) is 3.08. The highest BCUT2D eigenvalue weighted by atomic mass is 16.6. The number of hydrogen-bond acceptors (Lipinski definition) is 4. The van der Waals surface area contributed by atoms with Crippen molar-refractivity contribution in [2.24, 2.45) is 5.92 Å². The Hall–Kier alpha value is -1.94. The molecule has 0 N–H and O–H groups in total. The molecule has 0 bridgehead atoms. The van der Waals surface area contributed by atoms with Crippen LogP contribution in [0.4, 0.5) is 0 Å². The first-order valence-electron chi connectivity index (χ1n) is 8.03. The molecule has 0 amide bonds. The first kappa shape index (κ1) is 15.9. The maximum Gasteiger partial charge on any atom is 0.336 e. The summed E-state index contributed by atoms with van der Waals surface area (Å²) < 4.78 is 11.1. The minimum absolute atomic E-state index is 0.0536. The molecule has 1 aromatic heterocycles. The van der Waals surface area contributed by atoms with Crippen molar-refractivity contribution in [1.29, 1.82) is 0 Å². The number of hydrogen-bond donors (Lipinski definition) is 0. The van der Waals surface area contributed by atoms with E-state index in [0.717, 1.165) is 22.9 Å². The highest BCUT2D eigenvalue weighted by molar-refractivity contribution is 5.89. The van der Waals surface area contributed by atoms with Crippen LogP contribution in [0.5, 0.6) is 0 Å². The van der Waals surface area contributed by atoms with Gasteiger partial charge in [0, 0.05) is 35.8 Å². The van der Waals surface area contributed by atoms with Crippen molar-refractivity contribution in [2.75, 3.05) is 0 Å². The zero-order chi connectivity index (χ0) is 16.8. The second-order valence-electron chi connectivity index (χ2n) is 7.09. The molecule has 122 valence electrons. The number of carbonyl (C=O) groups excluding carboxylic acids is 1. The number of rotatable bonds is 5. The fraction of sp³-hybridized carbons (Fsp3) is 0.474. The monoisotopic (exact) mass is 314 g/mol. The molecule has 1 unspecified atom stereocenters. The summed E-state index contributed by atoms with van der Waals surface area (Å²) in [4.78, 5) is 23.9. The van der Waals surface area contributed by atoms with Gasteiger partial charge in [0.05, 0.1) is 11.7 Å². The predicted molar refractivity (Wildman–Crippen MR) is 88.7 cm³/mol. The molecule has 4 nitrogen and oxygen atoms in total. The van der Waals surface area contributed by atoms with Crippen LogP contribution in [-0.2, 0) is 22.4 Å². The molecule has 23 heavy (non-hydrogen) atoms. The molecule has 1 aromatic carbocycles. The Kier molecular flexibility index (Phi) is 3.88. The predicted octanol–water partition coefficient (Wildman–Crippen LogP) is 3.28. The van der Waals surface area contributed by atoms with E-state index in [2.05, 4.69) is 13.8 Å². The van der Waals surface area contributed by atoms with Crippen LogP contribution in [0.3, 0.4) is 0 Å². The van der Waals surface area contributed by atoms with E-state index in [-0.39, 0.29) is 29.8 Å². The molecular weight excluding hydrogens is 292 g/mol. The number of Topliss-reactive ketones (excluding diaryl/α,β-unsaturated/α-hetero) is 1. The van der Waals surface area contributed by atoms with Crippen LogP contribution < -0.4 is 5.63 Å². The first-order valence-corrected chi connectivity index (χ1v) is 8.03. The van der Waals surface area contributed by atoms with Crippen LogP contribution >= 0.6 is 0 Å². The Bertz CT molecular complexity index is 814. The lowest BCUT2D eigenvalue weighted by atomic mass is 9.92. The smallest absolute Gasteiger partial charge is 0.336 e. The Balaban J connectivity index is 2.07. The quantitative estimate of drug-likeness (QED) is 0.628. The van der Waals surface area contributed by atoms with Gasteiger partial charge in [-0.2, -0.15) is 0 Å². The van der Waals surface area contributed by atoms with Gasteiger partial charge in [-0.25, -0.2) is 4.79 Å². The third kappa shape index (κ3) is 3.22. The van der Waals surface area contributed by atoms with Crippen LogP contribution in [-0.4, -0.2) is 17.5 Å². The van der Waals surface area contributed by atoms with Crippen molar-refractivity contribution < 1.29 is 13.9 Å². The summed E-state index contributed by atoms with van der Waals surface area (Å²) in [6.07, 6.45) is 1.15. The standard InChI is InChI=1S/C19H22O4/c1-11(2)15(20)10-14-13(9-16-19(3,4)23-16)6-5-12-7-8-17(21)22-18(12)14/h5-8,11,16H,9-10H2,1-4H3. The third-order valence-corrected chi connectivity index (χ3v) is 4.55. The molecule has 1 fully saturated rings. The van der Waals surface area contributed by atoms with Gasteiger partial charge in [-0.1, -0.05) is 26.0 Å². The van der Waals surface area contributed by atoms with Crippen LogP contribution in [0.2, 0.25) is 0 Å². The van der Waals surface area contributed by atoms with Crippen LogP contribution in [0.15, 0.2) is 33.5 Å². The minimum atomic E-state index is -0.393. The molecule has 0 saturated carbocycles. The second kappa shape index (κ2) is 5.60. The average molecular weight is 314 g/mol. The molecule has 0 radical (unpaired) electrons. The molecule has 2 heterocycles. The maximum atomic E-state index is 12.3. The van der Waals surface area contributed by atoms with Crippen LogP contribution in [0.1, 0.15) is 38.8 Å². The summed E-state index contributed by atoms with van der Waals surface area (Å²) in [5, 5.41) is 0.843. The molecule has 3 rings (SSSR count). The highest BCUT2D eigenvalue weighted by Crippen LogP contribution is 2.39. The lowest BCUT2D eigenvalue weighted by Gasteiger charge is -2.12. The highest BCUT2D eigenvalue weighted by Gasteiger charge is 2.47. The van der Waals surface area contributed by atoms with Gasteiger partial charge in [-0.3, -0.25) is 4.79 Å². The summed E-state index contributed by atoms with van der Waals surface area (Å²) >= 11 is 0. The van der Waals surface area contributed by atoms with Crippen LogP contribution in [0.25, 0.3) is 11.0 Å². The Labute approximate surface area is 135 Å². The van der Waals surface area contributed by atoms with Crippen molar-refractivity contribution in [3.05, 3.63) is 45.8 Å². The largest absolute Gasteiger partial charge is 0.422 e. The lowest BCUT2D eigenvalue weighted by molar-refractivity contribution is -0.121. The van der Waals surface area contributed by atoms with E-state index in [1.165, 1.54) is 6.07 Å². The first-order chi connectivity index (χ1) is 10.8. The molecule has 1 atom stereocenters. The van der Waals surface area contributed by atoms with Crippen molar-refractivity contribution in [3.8, 4) is 0 Å². The van der Waals surface area contributed by atoms with Gasteiger partial charge in [-0.15, -0.1) is 0 Å². The number of carbonyl (C=O) groups is 1. The van der Waals surface area contributed by atoms with E-state index >= 15 is 0 Å². The number of benzene rings is 1. The number of ether oxygens (including phenoxy) is 1. The van der Waals surface area contributed by atoms with E-state index in [4.69, 9.17) is 9.15 Å². The Morgan fingerprint density at radius 1 is 1.22 bits per heavy atom. The van der Waals surface area contributed by atoms with Crippen molar-refractivity contribution in [2.45, 2.75) is 52.2 Å². The van der Waals surface area contributed by atoms with E-state index in [0.29, 0.717) is 5.58 Å². The Morgan fingerprint density at radius 3 is 2.48 bits per heavy atom. The molecule has 4 heteroatoms. The normalized spacial score (nSPS) is 19.3. The van der Waals surface area contributed by atoms with Gasteiger partial charge in [-0.05, 0) is 25.5 Å². The van der Waals surface area contributed by atoms with Crippen molar-refractivity contribution in [3.63, 3.8) is 0 Å². The van der Waals surface area contributed by atoms with Gasteiger partial charge in [0.2, 0.25) is 0 Å².